The molecule has 1 aliphatic rings. The van der Waals surface area contributed by atoms with Gasteiger partial charge in [-0.25, -0.2) is 4.79 Å². The topological polar surface area (TPSA) is 67.4 Å². The van der Waals surface area contributed by atoms with Crippen LogP contribution in [0.2, 0.25) is 5.02 Å². The van der Waals surface area contributed by atoms with E-state index in [-0.39, 0.29) is 24.3 Å². The van der Waals surface area contributed by atoms with Gasteiger partial charge in [-0.1, -0.05) is 74.0 Å². The minimum Gasteiger partial charge on any atom is -0.449 e. The van der Waals surface area contributed by atoms with Crippen molar-refractivity contribution < 1.29 is 14.3 Å². The third-order valence-corrected chi connectivity index (χ3v) is 6.02. The van der Waals surface area contributed by atoms with E-state index in [0.717, 1.165) is 11.1 Å². The Balaban J connectivity index is 1.42. The Morgan fingerprint density at radius 1 is 0.909 bits per heavy atom. The fourth-order valence-corrected chi connectivity index (χ4v) is 4.37. The smallest absolute Gasteiger partial charge is 0.407 e. The zero-order valence-corrected chi connectivity index (χ0v) is 19.4. The Hall–Kier alpha value is -3.31. The number of amides is 2. The zero-order valence-electron chi connectivity index (χ0n) is 18.7. The molecule has 0 spiro atoms. The van der Waals surface area contributed by atoms with Crippen LogP contribution >= 0.6 is 11.6 Å². The van der Waals surface area contributed by atoms with Gasteiger partial charge in [0.2, 0.25) is 5.91 Å². The number of hydrogen-bond acceptors (Lipinski definition) is 3. The lowest BCUT2D eigenvalue weighted by Crippen LogP contribution is -2.45. The van der Waals surface area contributed by atoms with E-state index in [1.807, 2.05) is 38.1 Å². The van der Waals surface area contributed by atoms with Crippen LogP contribution in [0.1, 0.15) is 37.3 Å². The second-order valence-electron chi connectivity index (χ2n) is 8.65. The molecule has 33 heavy (non-hydrogen) atoms. The third-order valence-electron chi connectivity index (χ3n) is 5.77. The molecule has 0 fully saturated rings. The molecule has 3 aromatic rings. The SMILES string of the molecule is CC(C)CC(NC(=O)OCC1c2ccccc2-c2ccccc21)C(=O)Nc1ccc(Cl)cc1. The molecule has 1 atom stereocenters. The maximum atomic E-state index is 12.8. The minimum absolute atomic E-state index is 0.0328. The summed E-state index contributed by atoms with van der Waals surface area (Å²) >= 11 is 5.91. The van der Waals surface area contributed by atoms with Crippen molar-refractivity contribution in [1.29, 1.82) is 0 Å². The first-order valence-electron chi connectivity index (χ1n) is 11.1. The van der Waals surface area contributed by atoms with Crippen LogP contribution in [-0.2, 0) is 9.53 Å². The first kappa shape index (κ1) is 22.9. The number of halogens is 1. The van der Waals surface area contributed by atoms with Crippen LogP contribution in [0, 0.1) is 5.92 Å². The number of alkyl carbamates (subject to hydrolysis) is 1. The first-order chi connectivity index (χ1) is 15.9. The highest BCUT2D eigenvalue weighted by Gasteiger charge is 2.30. The maximum Gasteiger partial charge on any atom is 0.407 e. The molecule has 5 nitrogen and oxygen atoms in total. The van der Waals surface area contributed by atoms with Crippen molar-refractivity contribution in [2.45, 2.75) is 32.2 Å². The van der Waals surface area contributed by atoms with E-state index in [1.54, 1.807) is 24.3 Å². The van der Waals surface area contributed by atoms with E-state index >= 15 is 0 Å². The molecule has 1 aliphatic carbocycles. The van der Waals surface area contributed by atoms with Gasteiger partial charge in [0.15, 0.2) is 0 Å². The Morgan fingerprint density at radius 3 is 2.06 bits per heavy atom. The predicted octanol–water partition coefficient (Wildman–Crippen LogP) is 6.23. The van der Waals surface area contributed by atoms with Crippen molar-refractivity contribution in [2.24, 2.45) is 5.92 Å². The van der Waals surface area contributed by atoms with Crippen LogP contribution in [0.15, 0.2) is 72.8 Å². The molecule has 4 rings (SSSR count). The van der Waals surface area contributed by atoms with Gasteiger partial charge in [0, 0.05) is 16.6 Å². The monoisotopic (exact) mass is 462 g/mol. The summed E-state index contributed by atoms with van der Waals surface area (Å²) in [4.78, 5) is 25.5. The van der Waals surface area contributed by atoms with Crippen LogP contribution in [0.3, 0.4) is 0 Å². The third kappa shape index (κ3) is 5.37. The summed E-state index contributed by atoms with van der Waals surface area (Å²) in [5.41, 5.74) is 5.24. The quantitative estimate of drug-likeness (QED) is 0.437. The maximum absolute atomic E-state index is 12.8. The van der Waals surface area contributed by atoms with Crippen LogP contribution in [0.5, 0.6) is 0 Å². The Bertz CT molecular complexity index is 1100. The van der Waals surface area contributed by atoms with Gasteiger partial charge in [-0.2, -0.15) is 0 Å². The van der Waals surface area contributed by atoms with Crippen molar-refractivity contribution in [3.63, 3.8) is 0 Å². The average molecular weight is 463 g/mol. The van der Waals surface area contributed by atoms with Gasteiger partial charge in [0.25, 0.3) is 0 Å². The van der Waals surface area contributed by atoms with Crippen molar-refractivity contribution in [1.82, 2.24) is 5.32 Å². The second-order valence-corrected chi connectivity index (χ2v) is 9.08. The van der Waals surface area contributed by atoms with Gasteiger partial charge in [0.1, 0.15) is 12.6 Å². The number of hydrogen-bond donors (Lipinski definition) is 2. The molecule has 2 amide bonds. The second kappa shape index (κ2) is 10.1. The molecule has 0 aliphatic heterocycles. The number of benzene rings is 3. The summed E-state index contributed by atoms with van der Waals surface area (Å²) in [6.45, 7) is 4.21. The van der Waals surface area contributed by atoms with E-state index in [9.17, 15) is 9.59 Å². The number of carbonyl (C=O) groups excluding carboxylic acids is 2. The molecule has 0 bridgehead atoms. The largest absolute Gasteiger partial charge is 0.449 e. The number of nitrogens with one attached hydrogen (secondary N) is 2. The molecule has 3 aromatic carbocycles. The molecule has 170 valence electrons. The minimum atomic E-state index is -0.712. The molecule has 0 aromatic heterocycles. The van der Waals surface area contributed by atoms with E-state index in [0.29, 0.717) is 17.1 Å². The van der Waals surface area contributed by atoms with Gasteiger partial charge >= 0.3 is 6.09 Å². The highest BCUT2D eigenvalue weighted by Crippen LogP contribution is 2.44. The van der Waals surface area contributed by atoms with Crippen molar-refractivity contribution in [3.8, 4) is 11.1 Å². The number of fused-ring (bicyclic) bond motifs is 3. The molecular formula is C27H27ClN2O3. The van der Waals surface area contributed by atoms with E-state index in [1.165, 1.54) is 11.1 Å². The Labute approximate surface area is 199 Å². The van der Waals surface area contributed by atoms with Crippen molar-refractivity contribution >= 4 is 29.3 Å². The lowest BCUT2D eigenvalue weighted by molar-refractivity contribution is -0.118. The highest BCUT2D eigenvalue weighted by atomic mass is 35.5. The highest BCUT2D eigenvalue weighted by molar-refractivity contribution is 6.30. The summed E-state index contributed by atoms with van der Waals surface area (Å²) < 4.78 is 5.62. The molecule has 0 saturated heterocycles. The first-order valence-corrected chi connectivity index (χ1v) is 11.5. The summed E-state index contributed by atoms with van der Waals surface area (Å²) in [5.74, 6) is -0.117. The van der Waals surface area contributed by atoms with Gasteiger partial charge in [-0.05, 0) is 58.9 Å². The molecule has 0 saturated carbocycles. The summed E-state index contributed by atoms with van der Waals surface area (Å²) in [7, 11) is 0. The molecule has 1 unspecified atom stereocenters. The van der Waals surface area contributed by atoms with Crippen molar-refractivity contribution in [2.75, 3.05) is 11.9 Å². The Morgan fingerprint density at radius 2 is 1.48 bits per heavy atom. The molecule has 6 heteroatoms. The van der Waals surface area contributed by atoms with Gasteiger partial charge < -0.3 is 15.4 Å². The lowest BCUT2D eigenvalue weighted by atomic mass is 9.98. The van der Waals surface area contributed by atoms with Crippen LogP contribution in [0.25, 0.3) is 11.1 Å². The molecular weight excluding hydrogens is 436 g/mol. The lowest BCUT2D eigenvalue weighted by Gasteiger charge is -2.21. The Kier molecular flexibility index (Phi) is 6.99. The van der Waals surface area contributed by atoms with E-state index in [4.69, 9.17) is 16.3 Å². The van der Waals surface area contributed by atoms with Crippen LogP contribution in [0.4, 0.5) is 10.5 Å². The summed E-state index contributed by atoms with van der Waals surface area (Å²) in [6.07, 6.45) is -0.113. The van der Waals surface area contributed by atoms with Gasteiger partial charge in [-0.15, -0.1) is 0 Å². The fourth-order valence-electron chi connectivity index (χ4n) is 4.25. The number of anilines is 1. The van der Waals surface area contributed by atoms with Crippen LogP contribution in [-0.4, -0.2) is 24.6 Å². The van der Waals surface area contributed by atoms with Crippen molar-refractivity contribution in [3.05, 3.63) is 88.9 Å². The standard InChI is InChI=1S/C27H27ClN2O3/c1-17(2)15-25(26(31)29-19-13-11-18(28)12-14-19)30-27(32)33-16-24-22-9-5-3-7-20(22)21-8-4-6-10-23(21)24/h3-14,17,24-25H,15-16H2,1-2H3,(H,29,31)(H,30,32). The average Bonchev–Trinajstić information content (AvgIpc) is 3.12. The number of carbonyl (C=O) groups is 2. The molecule has 0 radical (unpaired) electrons. The fraction of sp³-hybridized carbons (Fsp3) is 0.259. The number of ether oxygens (including phenoxy) is 1. The molecule has 2 N–H and O–H groups in total. The van der Waals surface area contributed by atoms with Gasteiger partial charge in [0.05, 0.1) is 0 Å². The predicted molar refractivity (Wildman–Crippen MR) is 132 cm³/mol. The van der Waals surface area contributed by atoms with Gasteiger partial charge in [-0.3, -0.25) is 4.79 Å². The van der Waals surface area contributed by atoms with E-state index < -0.39 is 12.1 Å². The van der Waals surface area contributed by atoms with Crippen LogP contribution < -0.4 is 10.6 Å². The van der Waals surface area contributed by atoms with E-state index in [2.05, 4.69) is 34.9 Å². The summed E-state index contributed by atoms with van der Waals surface area (Å²) in [5, 5.41) is 6.17. The zero-order chi connectivity index (χ0) is 23.4. The summed E-state index contributed by atoms with van der Waals surface area (Å²) in [6, 6.07) is 22.5. The normalized spacial score (nSPS) is 13.2. The molecule has 0 heterocycles. The number of rotatable bonds is 7.